The number of esters is 2. The highest BCUT2D eigenvalue weighted by atomic mass is 35.5. The summed E-state index contributed by atoms with van der Waals surface area (Å²) in [6, 6.07) is 11.4. The first-order valence-corrected chi connectivity index (χ1v) is 15.2. The molecule has 46 heavy (non-hydrogen) atoms. The number of halogens is 1. The Kier molecular flexibility index (Phi) is 10.7. The number of hydrogen-bond acceptors (Lipinski definition) is 11. The predicted octanol–water partition coefficient (Wildman–Crippen LogP) is 4.28. The van der Waals surface area contributed by atoms with Crippen molar-refractivity contribution in [2.45, 2.75) is 51.1 Å². The van der Waals surface area contributed by atoms with Gasteiger partial charge in [0, 0.05) is 27.9 Å². The van der Waals surface area contributed by atoms with Crippen molar-refractivity contribution in [3.63, 3.8) is 0 Å². The molecule has 0 spiro atoms. The number of amides is 1. The number of nitrogens with one attached hydrogen (secondary N) is 2. The molecule has 238 valence electrons. The molecule has 0 aliphatic carbocycles. The highest BCUT2D eigenvalue weighted by Crippen LogP contribution is 2.32. The van der Waals surface area contributed by atoms with Crippen LogP contribution in [0.4, 0.5) is 5.69 Å². The fraction of sp³-hybridized carbons (Fsp3) is 0.312. The van der Waals surface area contributed by atoms with E-state index in [-0.39, 0.29) is 24.9 Å². The van der Waals surface area contributed by atoms with Crippen LogP contribution in [0.1, 0.15) is 55.5 Å². The second-order valence-electron chi connectivity index (χ2n) is 10.5. The molecule has 1 amide bonds. The van der Waals surface area contributed by atoms with Gasteiger partial charge in [0.25, 0.3) is 0 Å². The van der Waals surface area contributed by atoms with Gasteiger partial charge in [-0.2, -0.15) is 4.68 Å². The molecular weight excluding hydrogens is 612 g/mol. The van der Waals surface area contributed by atoms with Crippen molar-refractivity contribution < 1.29 is 23.9 Å². The maximum Gasteiger partial charge on any atom is 0.328 e. The van der Waals surface area contributed by atoms with Gasteiger partial charge in [0.15, 0.2) is 0 Å². The summed E-state index contributed by atoms with van der Waals surface area (Å²) in [6.45, 7) is 2.04. The van der Waals surface area contributed by atoms with Gasteiger partial charge in [-0.15, -0.1) is 5.10 Å². The highest BCUT2D eigenvalue weighted by molar-refractivity contribution is 6.30. The minimum absolute atomic E-state index is 0.0781. The van der Waals surface area contributed by atoms with Crippen LogP contribution in [0.5, 0.6) is 0 Å². The lowest BCUT2D eigenvalue weighted by Gasteiger charge is -2.23. The summed E-state index contributed by atoms with van der Waals surface area (Å²) in [4.78, 5) is 47.2. The molecule has 2 N–H and O–H groups in total. The van der Waals surface area contributed by atoms with Crippen molar-refractivity contribution in [1.82, 2.24) is 35.5 Å². The summed E-state index contributed by atoms with van der Waals surface area (Å²) in [7, 11) is 1.35. The van der Waals surface area contributed by atoms with E-state index < -0.39 is 18.1 Å². The van der Waals surface area contributed by atoms with E-state index in [0.29, 0.717) is 64.6 Å². The lowest BCUT2D eigenvalue weighted by atomic mass is 9.97. The number of methoxy groups -OCH3 is 1. The number of carbonyl (C=O) groups excluding carboxylic acids is 3. The molecular formula is C32H33ClN8O5. The molecule has 1 unspecified atom stereocenters. The molecule has 3 heterocycles. The Bertz CT molecular complexity index is 1730. The van der Waals surface area contributed by atoms with Gasteiger partial charge in [-0.05, 0) is 72.2 Å². The number of benzene rings is 2. The van der Waals surface area contributed by atoms with Crippen molar-refractivity contribution in [1.29, 1.82) is 0 Å². The highest BCUT2D eigenvalue weighted by Gasteiger charge is 2.24. The number of anilines is 1. The minimum atomic E-state index is -0.634. The van der Waals surface area contributed by atoms with E-state index in [1.54, 1.807) is 31.2 Å². The maximum absolute atomic E-state index is 13.3. The van der Waals surface area contributed by atoms with Crippen LogP contribution >= 0.6 is 11.6 Å². The fourth-order valence-corrected chi connectivity index (χ4v) is 5.41. The smallest absolute Gasteiger partial charge is 0.328 e. The molecule has 2 atom stereocenters. The van der Waals surface area contributed by atoms with E-state index >= 15 is 0 Å². The molecule has 4 aromatic rings. The first-order chi connectivity index (χ1) is 22.3. The Morgan fingerprint density at radius 1 is 1.11 bits per heavy atom. The zero-order valence-corrected chi connectivity index (χ0v) is 26.1. The summed E-state index contributed by atoms with van der Waals surface area (Å²) < 4.78 is 11.7. The Morgan fingerprint density at radius 3 is 2.74 bits per heavy atom. The second kappa shape index (κ2) is 15.2. The number of nitrogens with zero attached hydrogens (tertiary/aromatic N) is 6. The maximum atomic E-state index is 13.3. The SMILES string of the molecule is CCOC(=O)Cc1ccc2c(c1)NC(C(=O)OC)CCCC[C@H](NC(=O)/C=C/c1cc(Cl)ccc1-n1cnnn1)c1cc-2ncn1. The Hall–Kier alpha value is -5.17. The van der Waals surface area contributed by atoms with Crippen LogP contribution in [0.3, 0.4) is 0 Å². The Morgan fingerprint density at radius 2 is 1.96 bits per heavy atom. The molecule has 0 saturated carbocycles. The number of tetrazole rings is 1. The molecule has 0 radical (unpaired) electrons. The first-order valence-electron chi connectivity index (χ1n) is 14.8. The Labute approximate surface area is 270 Å². The summed E-state index contributed by atoms with van der Waals surface area (Å²) >= 11 is 6.23. The van der Waals surface area contributed by atoms with Gasteiger partial charge in [-0.1, -0.05) is 36.6 Å². The molecule has 2 bridgehead atoms. The van der Waals surface area contributed by atoms with Crippen molar-refractivity contribution >= 4 is 41.2 Å². The van der Waals surface area contributed by atoms with Gasteiger partial charge in [0.05, 0.1) is 43.3 Å². The van der Waals surface area contributed by atoms with E-state index in [1.165, 1.54) is 30.5 Å². The zero-order chi connectivity index (χ0) is 32.5. The topological polar surface area (TPSA) is 163 Å². The predicted molar refractivity (Wildman–Crippen MR) is 170 cm³/mol. The van der Waals surface area contributed by atoms with Gasteiger partial charge in [0.1, 0.15) is 18.7 Å². The third kappa shape index (κ3) is 8.10. The van der Waals surface area contributed by atoms with Crippen molar-refractivity contribution in [2.75, 3.05) is 19.0 Å². The lowest BCUT2D eigenvalue weighted by molar-refractivity contribution is -0.143. The molecule has 2 aromatic heterocycles. The largest absolute Gasteiger partial charge is 0.467 e. The number of fused-ring (bicyclic) bond motifs is 4. The summed E-state index contributed by atoms with van der Waals surface area (Å²) in [5.74, 6) is -1.09. The van der Waals surface area contributed by atoms with Gasteiger partial charge < -0.3 is 20.1 Å². The van der Waals surface area contributed by atoms with Crippen molar-refractivity contribution in [3.8, 4) is 16.9 Å². The van der Waals surface area contributed by atoms with Crippen LogP contribution in [0.25, 0.3) is 23.0 Å². The molecule has 1 aliphatic rings. The van der Waals surface area contributed by atoms with Crippen LogP contribution < -0.4 is 10.6 Å². The van der Waals surface area contributed by atoms with E-state index in [0.717, 1.165) is 5.56 Å². The summed E-state index contributed by atoms with van der Waals surface area (Å²) in [5.41, 5.74) is 4.56. The van der Waals surface area contributed by atoms with Crippen LogP contribution in [-0.4, -0.2) is 67.8 Å². The van der Waals surface area contributed by atoms with Crippen molar-refractivity contribution in [3.05, 3.63) is 83.0 Å². The monoisotopic (exact) mass is 644 g/mol. The lowest BCUT2D eigenvalue weighted by Crippen LogP contribution is -2.31. The molecule has 14 heteroatoms. The average molecular weight is 645 g/mol. The molecule has 0 fully saturated rings. The molecule has 2 aromatic carbocycles. The van der Waals surface area contributed by atoms with Crippen LogP contribution in [0.15, 0.2) is 61.2 Å². The van der Waals surface area contributed by atoms with Gasteiger partial charge in [-0.25, -0.2) is 14.8 Å². The van der Waals surface area contributed by atoms with Crippen LogP contribution in [0.2, 0.25) is 5.02 Å². The molecule has 13 nitrogen and oxygen atoms in total. The number of carbonyl (C=O) groups is 3. The minimum Gasteiger partial charge on any atom is -0.467 e. The number of aromatic nitrogens is 6. The van der Waals surface area contributed by atoms with Gasteiger partial charge >= 0.3 is 11.9 Å². The average Bonchev–Trinajstić information content (AvgIpc) is 3.59. The molecule has 5 rings (SSSR count). The van der Waals surface area contributed by atoms with E-state index in [9.17, 15) is 14.4 Å². The van der Waals surface area contributed by atoms with E-state index in [4.69, 9.17) is 21.1 Å². The molecule has 1 aliphatic heterocycles. The first kappa shape index (κ1) is 32.2. The number of ether oxygens (including phenoxy) is 2. The third-order valence-electron chi connectivity index (χ3n) is 7.43. The summed E-state index contributed by atoms with van der Waals surface area (Å²) in [6.07, 6.45) is 8.47. The third-order valence-corrected chi connectivity index (χ3v) is 7.66. The normalized spacial score (nSPS) is 16.3. The number of rotatable bonds is 8. The van der Waals surface area contributed by atoms with Gasteiger partial charge in [-0.3, -0.25) is 9.59 Å². The van der Waals surface area contributed by atoms with E-state index in [2.05, 4.69) is 36.1 Å². The van der Waals surface area contributed by atoms with Crippen molar-refractivity contribution in [2.24, 2.45) is 0 Å². The van der Waals surface area contributed by atoms with Crippen LogP contribution in [0, 0.1) is 0 Å². The number of hydrogen-bond donors (Lipinski definition) is 2. The second-order valence-corrected chi connectivity index (χ2v) is 11.0. The summed E-state index contributed by atoms with van der Waals surface area (Å²) in [5, 5.41) is 18.2. The quantitative estimate of drug-likeness (QED) is 0.208. The van der Waals surface area contributed by atoms with E-state index in [1.807, 2.05) is 24.3 Å². The molecule has 0 saturated heterocycles. The fourth-order valence-electron chi connectivity index (χ4n) is 5.23. The van der Waals surface area contributed by atoms with Gasteiger partial charge in [0.2, 0.25) is 5.91 Å². The standard InChI is InChI=1S/C32H33ClN8O5/c1-3-46-31(43)15-20-8-11-23-26-17-28(35-18-34-26)24(6-4-5-7-25(32(44)45-2)37-27(23)14-20)38-30(42)13-9-21-16-22(33)10-12-29(21)41-19-36-39-40-41/h8-14,16-19,24-25,37H,3-7,15H2,1-2H3,(H,38,42)/b13-9+/t24-,25?/m0/s1. The zero-order valence-electron chi connectivity index (χ0n) is 25.4. The van der Waals surface area contributed by atoms with Crippen LogP contribution in [-0.2, 0) is 30.3 Å². The Balaban J connectivity index is 1.44.